The zero-order valence-corrected chi connectivity index (χ0v) is 71.4. The first kappa shape index (κ1) is 103. The number of nitro groups is 2. The van der Waals surface area contributed by atoms with Gasteiger partial charge in [0.15, 0.2) is 23.1 Å². The van der Waals surface area contributed by atoms with Crippen LogP contribution in [0.3, 0.4) is 0 Å². The van der Waals surface area contributed by atoms with Gasteiger partial charge < -0.3 is 73.6 Å². The van der Waals surface area contributed by atoms with Gasteiger partial charge in [-0.1, -0.05) is 81.1 Å². The molecule has 0 saturated carbocycles. The van der Waals surface area contributed by atoms with Gasteiger partial charge in [0.25, 0.3) is 11.4 Å². The van der Waals surface area contributed by atoms with Crippen molar-refractivity contribution in [3.63, 3.8) is 0 Å². The number of hydrogen-bond acceptors (Lipinski definition) is 22. The molecule has 0 saturated heterocycles. The predicted octanol–water partition coefficient (Wildman–Crippen LogP) is 14.6. The number of amides is 4. The van der Waals surface area contributed by atoms with Crippen LogP contribution < -0.4 is 54.0 Å². The van der Waals surface area contributed by atoms with Gasteiger partial charge in [-0.3, -0.25) is 58.6 Å². The van der Waals surface area contributed by atoms with Gasteiger partial charge in [-0.2, -0.15) is 0 Å². The van der Waals surface area contributed by atoms with Crippen LogP contribution in [-0.4, -0.2) is 209 Å². The number of Topliss-reactive ketones (excluding diaryl/α,β-unsaturated/α-hetero) is 4. The van der Waals surface area contributed by atoms with Gasteiger partial charge in [-0.15, -0.1) is 0 Å². The summed E-state index contributed by atoms with van der Waals surface area (Å²) in [6, 6.07) is 20.2. The maximum Gasteiger partial charge on any atom is 0.293 e. The Labute approximate surface area is 681 Å². The standard InChI is InChI=1S/C22H36N4O4.C22H38N4O2.C21H34N4O4.C21H36N4O2/c1-4-10-21(27)18-11-12-19(20(16-18)26(29)30)24-14-8-6-7-9-15-25(3)22(28)17-23-13-5-2;1-4-10-21(27)18-11-12-20(19(23)16-18)25-14-8-6-7-9-15-26(3)22(28)17-24-13-5-2;1-4-9-20(26)17-10-11-18(19(15-17)25(28)29)23-13-7-6-8-14-24(3)21(27)16-22-12-5-2;1-4-9-20(26)17-10-11-19(18(22)15-17)24-13-7-6-8-14-25(3)21(27)16-23-12-5-2/h11-12,16,23-24H,4-10,13-15,17H2,1-3H3;11-12,16,24-25H,4-10,13-15,17,23H2,1-3H3;10-11,15,22-23H,4-9,12-14,16H2,1-3H3;10-11,15,23-24H,4-9,12-14,16,22H2,1-3H3. The zero-order valence-electron chi connectivity index (χ0n) is 71.4. The second kappa shape index (κ2) is 64.2. The van der Waals surface area contributed by atoms with Gasteiger partial charge in [-0.05, 0) is 202 Å². The van der Waals surface area contributed by atoms with Gasteiger partial charge in [0, 0.05) is 141 Å². The molecule has 0 aromatic heterocycles. The largest absolute Gasteiger partial charge is 0.397 e. The van der Waals surface area contributed by atoms with E-state index >= 15 is 0 Å². The fourth-order valence-corrected chi connectivity index (χ4v) is 11.7. The first-order valence-electron chi connectivity index (χ1n) is 42.0. The first-order valence-corrected chi connectivity index (χ1v) is 42.0. The molecule has 640 valence electrons. The molecule has 4 rings (SSSR count). The van der Waals surface area contributed by atoms with Crippen LogP contribution in [0.5, 0.6) is 0 Å². The minimum Gasteiger partial charge on any atom is -0.397 e. The van der Waals surface area contributed by atoms with E-state index in [0.717, 1.165) is 199 Å². The maximum absolute atomic E-state index is 12.0. The number of benzene rings is 4. The minimum absolute atomic E-state index is 0.0613. The fraction of sp³-hybridized carbons (Fsp3) is 0.628. The van der Waals surface area contributed by atoms with Crippen molar-refractivity contribution in [1.29, 1.82) is 0 Å². The minimum atomic E-state index is -0.460. The first-order chi connectivity index (χ1) is 54.8. The topological polar surface area (TPSA) is 384 Å². The lowest BCUT2D eigenvalue weighted by molar-refractivity contribution is -0.384. The second-order valence-electron chi connectivity index (χ2n) is 28.9. The third kappa shape index (κ3) is 45.7. The lowest BCUT2D eigenvalue weighted by atomic mass is 10.1. The number of nitro benzene ring substituents is 2. The molecule has 4 aromatic rings. The van der Waals surface area contributed by atoms with E-state index in [1.54, 1.807) is 58.1 Å². The molecule has 0 spiro atoms. The number of hydrogen-bond donors (Lipinski definition) is 10. The number of nitrogens with zero attached hydrogens (tertiary/aromatic N) is 6. The van der Waals surface area contributed by atoms with Crippen LogP contribution in [0.15, 0.2) is 72.8 Å². The fourth-order valence-electron chi connectivity index (χ4n) is 11.7. The second-order valence-corrected chi connectivity index (χ2v) is 28.9. The summed E-state index contributed by atoms with van der Waals surface area (Å²) in [6.45, 7) is 27.1. The van der Waals surface area contributed by atoms with E-state index in [4.69, 9.17) is 11.5 Å². The highest BCUT2D eigenvalue weighted by Gasteiger charge is 2.20. The van der Waals surface area contributed by atoms with E-state index in [2.05, 4.69) is 70.2 Å². The maximum atomic E-state index is 12.0. The van der Waals surface area contributed by atoms with Crippen LogP contribution in [0.25, 0.3) is 0 Å². The molecule has 12 N–H and O–H groups in total. The number of rotatable bonds is 60. The highest BCUT2D eigenvalue weighted by molar-refractivity contribution is 5.99. The summed E-state index contributed by atoms with van der Waals surface area (Å²) in [6.07, 6.45) is 22.8. The van der Waals surface area contributed by atoms with E-state index in [9.17, 15) is 58.6 Å². The van der Waals surface area contributed by atoms with Crippen molar-refractivity contribution in [3.8, 4) is 0 Å². The Morgan fingerprint density at radius 1 is 0.307 bits per heavy atom. The Kier molecular flexibility index (Phi) is 57.9. The summed E-state index contributed by atoms with van der Waals surface area (Å²) >= 11 is 0. The number of anilines is 6. The number of carbonyl (C=O) groups is 8. The highest BCUT2D eigenvalue weighted by atomic mass is 16.6. The molecule has 0 radical (unpaired) electrons. The van der Waals surface area contributed by atoms with E-state index in [-0.39, 0.29) is 58.1 Å². The van der Waals surface area contributed by atoms with Crippen molar-refractivity contribution in [3.05, 3.63) is 115 Å². The molecular weight excluding hydrogens is 1450 g/mol. The van der Waals surface area contributed by atoms with Gasteiger partial charge in [0.05, 0.1) is 58.8 Å². The molecule has 0 aliphatic heterocycles. The molecular formula is C86H144N16O12. The molecule has 4 aromatic carbocycles. The third-order valence-electron chi connectivity index (χ3n) is 18.6. The SMILES string of the molecule is CCCNCC(=O)N(C)CCCCCCNc1ccc(C(=O)CCC)cc1N.CCCNCC(=O)N(C)CCCCCCNc1ccc(C(=O)CCC)cc1[N+](=O)[O-].CCCNCC(=O)N(C)CCCCCNc1ccc(C(=O)CCC)cc1N.CCCNCC(=O)N(C)CCCCCNc1ccc(C(=O)CCC)cc1[N+](=O)[O-]. The van der Waals surface area contributed by atoms with Gasteiger partial charge in [0.2, 0.25) is 23.6 Å². The number of carbonyl (C=O) groups excluding carboxylic acids is 8. The summed E-state index contributed by atoms with van der Waals surface area (Å²) in [5.74, 6) is 0.633. The summed E-state index contributed by atoms with van der Waals surface area (Å²) in [5.41, 5.74) is 18.0. The molecule has 0 unspecified atom stereocenters. The van der Waals surface area contributed by atoms with Crippen molar-refractivity contribution in [2.45, 2.75) is 222 Å². The van der Waals surface area contributed by atoms with Gasteiger partial charge in [0.1, 0.15) is 11.4 Å². The van der Waals surface area contributed by atoms with Crippen LogP contribution in [0.1, 0.15) is 264 Å². The van der Waals surface area contributed by atoms with Crippen LogP contribution in [0.2, 0.25) is 0 Å². The lowest BCUT2D eigenvalue weighted by Crippen LogP contribution is -2.36. The molecule has 0 fully saturated rings. The van der Waals surface area contributed by atoms with Crippen LogP contribution in [-0.2, 0) is 19.2 Å². The molecule has 28 nitrogen and oxygen atoms in total. The zero-order chi connectivity index (χ0) is 84.9. The number of nitrogens with one attached hydrogen (secondary N) is 8. The molecule has 0 bridgehead atoms. The Hall–Kier alpha value is -9.12. The van der Waals surface area contributed by atoms with Crippen molar-refractivity contribution in [2.24, 2.45) is 0 Å². The number of unbranched alkanes of at least 4 members (excludes halogenated alkanes) is 10. The van der Waals surface area contributed by atoms with Crippen molar-refractivity contribution in [1.82, 2.24) is 40.9 Å². The molecule has 28 heteroatoms. The Bertz CT molecular complexity index is 3450. The lowest BCUT2D eigenvalue weighted by Gasteiger charge is -2.17. The van der Waals surface area contributed by atoms with E-state index < -0.39 is 9.85 Å². The Balaban J connectivity index is 0.000000761. The molecule has 4 amide bonds. The smallest absolute Gasteiger partial charge is 0.293 e. The van der Waals surface area contributed by atoms with E-state index in [1.807, 2.05) is 78.0 Å². The molecule has 0 heterocycles. The monoisotopic (exact) mass is 1590 g/mol. The van der Waals surface area contributed by atoms with Crippen molar-refractivity contribution in [2.75, 3.05) is 166 Å². The quantitative estimate of drug-likeness (QED) is 0.00645. The van der Waals surface area contributed by atoms with Crippen molar-refractivity contribution < 1.29 is 48.2 Å². The average molecular weight is 1590 g/mol. The normalized spacial score (nSPS) is 10.6. The number of ketones is 4. The van der Waals surface area contributed by atoms with Crippen LogP contribution >= 0.6 is 0 Å². The number of nitrogen functional groups attached to an aromatic ring is 2. The molecule has 0 aliphatic carbocycles. The Morgan fingerprint density at radius 3 is 0.754 bits per heavy atom. The summed E-state index contributed by atoms with van der Waals surface area (Å²) < 4.78 is 0. The Morgan fingerprint density at radius 2 is 0.526 bits per heavy atom. The van der Waals surface area contributed by atoms with Gasteiger partial charge >= 0.3 is 0 Å². The summed E-state index contributed by atoms with van der Waals surface area (Å²) in [5, 5.41) is 48.1. The number of likely N-dealkylation sites (N-methyl/N-ethyl adjacent to an activating group) is 4. The number of nitrogens with two attached hydrogens (primary N) is 2. The average Bonchev–Trinajstić information content (AvgIpc) is 0.858. The van der Waals surface area contributed by atoms with E-state index in [1.165, 1.54) is 12.1 Å². The predicted molar refractivity (Wildman–Crippen MR) is 467 cm³/mol. The molecule has 114 heavy (non-hydrogen) atoms. The third-order valence-corrected chi connectivity index (χ3v) is 18.6. The highest BCUT2D eigenvalue weighted by Crippen LogP contribution is 2.29. The molecule has 0 aliphatic rings. The molecule has 0 atom stereocenters. The van der Waals surface area contributed by atoms with Crippen LogP contribution in [0.4, 0.5) is 45.5 Å². The van der Waals surface area contributed by atoms with E-state index in [0.29, 0.717) is 129 Å². The van der Waals surface area contributed by atoms with Crippen molar-refractivity contribution >= 4 is 92.3 Å². The summed E-state index contributed by atoms with van der Waals surface area (Å²) in [7, 11) is 7.36. The van der Waals surface area contributed by atoms with Gasteiger partial charge in [-0.25, -0.2) is 0 Å². The summed E-state index contributed by atoms with van der Waals surface area (Å²) in [4.78, 5) is 124. The van der Waals surface area contributed by atoms with Crippen LogP contribution in [0, 0.1) is 20.2 Å².